The number of methoxy groups -OCH3 is 1. The Labute approximate surface area is 174 Å². The molecule has 2 N–H and O–H groups in total. The monoisotopic (exact) mass is 407 g/mol. The lowest BCUT2D eigenvalue weighted by molar-refractivity contribution is 0.0939. The standard InChI is InChI=1S/C22H25N5O3/c1-14-18(12-19(26(14)2)15-4-6-17(30-3)7-5-15)22(29)23-16-10-11-27(13-16)20-8-9-21(28)25-24-20/h4-9,12,16H,10-11,13H2,1-3H3,(H,23,29)(H,25,28)/t16-/m0/s1. The number of rotatable bonds is 5. The quantitative estimate of drug-likeness (QED) is 0.676. The van der Waals surface area contributed by atoms with Gasteiger partial charge in [0.1, 0.15) is 11.6 Å². The lowest BCUT2D eigenvalue weighted by Gasteiger charge is -2.17. The number of nitrogens with zero attached hydrogens (tertiary/aromatic N) is 3. The first-order chi connectivity index (χ1) is 14.5. The molecular weight excluding hydrogens is 382 g/mol. The Hall–Kier alpha value is -3.55. The number of benzene rings is 1. The predicted octanol–water partition coefficient (Wildman–Crippen LogP) is 2.10. The molecule has 0 aliphatic carbocycles. The highest BCUT2D eigenvalue weighted by molar-refractivity contribution is 5.97. The van der Waals surface area contributed by atoms with Crippen molar-refractivity contribution in [3.63, 3.8) is 0 Å². The van der Waals surface area contributed by atoms with Gasteiger partial charge in [-0.3, -0.25) is 9.59 Å². The molecule has 30 heavy (non-hydrogen) atoms. The van der Waals surface area contributed by atoms with Crippen molar-refractivity contribution in [1.29, 1.82) is 0 Å². The van der Waals surface area contributed by atoms with Gasteiger partial charge in [-0.05, 0) is 55.3 Å². The van der Waals surface area contributed by atoms with Crippen LogP contribution in [0.4, 0.5) is 5.82 Å². The normalized spacial score (nSPS) is 16.0. The van der Waals surface area contributed by atoms with Crippen molar-refractivity contribution in [1.82, 2.24) is 20.1 Å². The van der Waals surface area contributed by atoms with E-state index in [9.17, 15) is 9.59 Å². The SMILES string of the molecule is COc1ccc(-c2cc(C(=O)N[C@H]3CCN(c4ccc(=O)[nH]n4)C3)c(C)n2C)cc1. The predicted molar refractivity (Wildman–Crippen MR) is 115 cm³/mol. The Morgan fingerprint density at radius 2 is 2.00 bits per heavy atom. The largest absolute Gasteiger partial charge is 0.497 e. The molecule has 1 saturated heterocycles. The van der Waals surface area contributed by atoms with E-state index in [0.29, 0.717) is 17.9 Å². The average molecular weight is 407 g/mol. The first kappa shape index (κ1) is 19.8. The summed E-state index contributed by atoms with van der Waals surface area (Å²) < 4.78 is 7.26. The third-order valence-corrected chi connectivity index (χ3v) is 5.68. The molecule has 4 rings (SSSR count). The van der Waals surface area contributed by atoms with E-state index in [-0.39, 0.29) is 17.5 Å². The minimum atomic E-state index is -0.227. The molecule has 3 aromatic rings. The Bertz CT molecular complexity index is 1100. The van der Waals surface area contributed by atoms with E-state index < -0.39 is 0 Å². The molecule has 2 aromatic heterocycles. The van der Waals surface area contributed by atoms with Crippen molar-refractivity contribution in [2.45, 2.75) is 19.4 Å². The van der Waals surface area contributed by atoms with Gasteiger partial charge in [-0.25, -0.2) is 5.10 Å². The van der Waals surface area contributed by atoms with Crippen LogP contribution < -0.4 is 20.5 Å². The van der Waals surface area contributed by atoms with Crippen LogP contribution in [-0.2, 0) is 7.05 Å². The molecule has 1 fully saturated rings. The van der Waals surface area contributed by atoms with Crippen molar-refractivity contribution in [3.05, 3.63) is 64.1 Å². The second-order valence-corrected chi connectivity index (χ2v) is 7.50. The summed E-state index contributed by atoms with van der Waals surface area (Å²) >= 11 is 0. The minimum absolute atomic E-state index is 0.0234. The maximum atomic E-state index is 13.0. The number of hydrogen-bond acceptors (Lipinski definition) is 5. The van der Waals surface area contributed by atoms with Crippen LogP contribution in [0.5, 0.6) is 5.75 Å². The molecule has 156 valence electrons. The number of amides is 1. The van der Waals surface area contributed by atoms with Gasteiger partial charge < -0.3 is 19.5 Å². The average Bonchev–Trinajstić information content (AvgIpc) is 3.34. The second kappa shape index (κ2) is 8.06. The highest BCUT2D eigenvalue weighted by Crippen LogP contribution is 2.27. The molecule has 8 nitrogen and oxygen atoms in total. The highest BCUT2D eigenvalue weighted by atomic mass is 16.5. The van der Waals surface area contributed by atoms with Gasteiger partial charge in [-0.15, -0.1) is 0 Å². The van der Waals surface area contributed by atoms with Crippen LogP contribution in [0, 0.1) is 6.92 Å². The van der Waals surface area contributed by atoms with Crippen molar-refractivity contribution in [2.75, 3.05) is 25.1 Å². The number of aromatic amines is 1. The molecule has 3 heterocycles. The van der Waals surface area contributed by atoms with E-state index in [0.717, 1.165) is 35.7 Å². The van der Waals surface area contributed by atoms with Gasteiger partial charge in [-0.2, -0.15) is 5.10 Å². The summed E-state index contributed by atoms with van der Waals surface area (Å²) in [5, 5.41) is 9.67. The Kier molecular flexibility index (Phi) is 5.31. The molecule has 1 aliphatic rings. The Morgan fingerprint density at radius 1 is 1.23 bits per heavy atom. The summed E-state index contributed by atoms with van der Waals surface area (Å²) in [6.45, 7) is 3.38. The number of anilines is 1. The minimum Gasteiger partial charge on any atom is -0.497 e. The number of aromatic nitrogens is 3. The maximum Gasteiger partial charge on any atom is 0.264 e. The molecule has 1 amide bonds. The van der Waals surface area contributed by atoms with Gasteiger partial charge in [0.05, 0.1) is 12.7 Å². The first-order valence-corrected chi connectivity index (χ1v) is 9.88. The number of nitrogens with one attached hydrogen (secondary N) is 2. The molecule has 0 spiro atoms. The molecule has 1 aliphatic heterocycles. The maximum absolute atomic E-state index is 13.0. The molecule has 0 radical (unpaired) electrons. The zero-order valence-electron chi connectivity index (χ0n) is 17.3. The van der Waals surface area contributed by atoms with Crippen LogP contribution in [0.2, 0.25) is 0 Å². The van der Waals surface area contributed by atoms with E-state index in [1.165, 1.54) is 6.07 Å². The Balaban J connectivity index is 1.47. The van der Waals surface area contributed by atoms with E-state index >= 15 is 0 Å². The number of H-pyrrole nitrogens is 1. The van der Waals surface area contributed by atoms with Crippen LogP contribution in [-0.4, -0.2) is 46.9 Å². The summed E-state index contributed by atoms with van der Waals surface area (Å²) in [5.41, 5.74) is 3.36. The second-order valence-electron chi connectivity index (χ2n) is 7.50. The summed E-state index contributed by atoms with van der Waals surface area (Å²) in [5.74, 6) is 1.43. The smallest absolute Gasteiger partial charge is 0.264 e. The summed E-state index contributed by atoms with van der Waals surface area (Å²) in [7, 11) is 3.60. The third-order valence-electron chi connectivity index (χ3n) is 5.68. The van der Waals surface area contributed by atoms with Crippen LogP contribution in [0.15, 0.2) is 47.3 Å². The lowest BCUT2D eigenvalue weighted by Crippen LogP contribution is -2.37. The van der Waals surface area contributed by atoms with Crippen LogP contribution in [0.25, 0.3) is 11.3 Å². The summed E-state index contributed by atoms with van der Waals surface area (Å²) in [6.07, 6.45) is 0.823. The van der Waals surface area contributed by atoms with Crippen LogP contribution >= 0.6 is 0 Å². The van der Waals surface area contributed by atoms with Gasteiger partial charge >= 0.3 is 0 Å². The van der Waals surface area contributed by atoms with E-state index in [1.807, 2.05) is 48.9 Å². The zero-order valence-corrected chi connectivity index (χ0v) is 17.3. The third kappa shape index (κ3) is 3.80. The summed E-state index contributed by atoms with van der Waals surface area (Å²) in [6, 6.07) is 12.9. The fraction of sp³-hybridized carbons (Fsp3) is 0.318. The van der Waals surface area contributed by atoms with Gasteiger partial charge in [0.2, 0.25) is 0 Å². The van der Waals surface area contributed by atoms with E-state index in [4.69, 9.17) is 4.74 Å². The molecule has 1 aromatic carbocycles. The number of ether oxygens (including phenoxy) is 1. The number of hydrogen-bond donors (Lipinski definition) is 2. The fourth-order valence-corrected chi connectivity index (χ4v) is 3.83. The van der Waals surface area contributed by atoms with Crippen LogP contribution in [0.3, 0.4) is 0 Å². The summed E-state index contributed by atoms with van der Waals surface area (Å²) in [4.78, 5) is 26.2. The molecule has 0 bridgehead atoms. The van der Waals surface area contributed by atoms with Crippen molar-refractivity contribution in [3.8, 4) is 17.0 Å². The van der Waals surface area contributed by atoms with E-state index in [1.54, 1.807) is 13.2 Å². The molecule has 1 atom stereocenters. The fourth-order valence-electron chi connectivity index (χ4n) is 3.83. The number of carbonyl (C=O) groups excluding carboxylic acids is 1. The van der Waals surface area contributed by atoms with Crippen molar-refractivity contribution in [2.24, 2.45) is 7.05 Å². The zero-order chi connectivity index (χ0) is 21.3. The Morgan fingerprint density at radius 3 is 2.67 bits per heavy atom. The van der Waals surface area contributed by atoms with E-state index in [2.05, 4.69) is 20.4 Å². The molecular formula is C22H25N5O3. The van der Waals surface area contributed by atoms with Crippen molar-refractivity contribution >= 4 is 11.7 Å². The molecule has 0 unspecified atom stereocenters. The van der Waals surface area contributed by atoms with Crippen LogP contribution in [0.1, 0.15) is 22.5 Å². The number of carbonyl (C=O) groups is 1. The van der Waals surface area contributed by atoms with Gasteiger partial charge in [0.25, 0.3) is 11.5 Å². The van der Waals surface area contributed by atoms with Gasteiger partial charge in [-0.1, -0.05) is 0 Å². The topological polar surface area (TPSA) is 92.2 Å². The van der Waals surface area contributed by atoms with Gasteiger partial charge in [0.15, 0.2) is 0 Å². The highest BCUT2D eigenvalue weighted by Gasteiger charge is 2.26. The first-order valence-electron chi connectivity index (χ1n) is 9.88. The molecule has 0 saturated carbocycles. The van der Waals surface area contributed by atoms with Gasteiger partial charge in [0, 0.05) is 43.6 Å². The lowest BCUT2D eigenvalue weighted by atomic mass is 10.1. The van der Waals surface area contributed by atoms with Crippen molar-refractivity contribution < 1.29 is 9.53 Å². The molecule has 8 heteroatoms.